The Labute approximate surface area is 140 Å². The van der Waals surface area contributed by atoms with Gasteiger partial charge in [-0.3, -0.25) is 9.36 Å². The number of halogens is 2. The van der Waals surface area contributed by atoms with Crippen molar-refractivity contribution in [1.82, 2.24) is 14.8 Å². The first-order valence-corrected chi connectivity index (χ1v) is 8.01. The number of H-pyrrole nitrogens is 1. The highest BCUT2D eigenvalue weighted by Crippen LogP contribution is 2.17. The SMILES string of the molecule is COCCCn1c(SCC(=O)Nc2cc(F)ccc2F)n[nH]c1=O. The Morgan fingerprint density at radius 2 is 2.25 bits per heavy atom. The summed E-state index contributed by atoms with van der Waals surface area (Å²) in [5.41, 5.74) is -0.620. The highest BCUT2D eigenvalue weighted by atomic mass is 32.2. The Bertz CT molecular complexity index is 763. The predicted molar refractivity (Wildman–Crippen MR) is 85.1 cm³/mol. The van der Waals surface area contributed by atoms with Crippen molar-refractivity contribution in [3.05, 3.63) is 40.3 Å². The van der Waals surface area contributed by atoms with E-state index in [0.29, 0.717) is 24.7 Å². The third kappa shape index (κ3) is 4.90. The van der Waals surface area contributed by atoms with Crippen LogP contribution in [0.25, 0.3) is 0 Å². The minimum absolute atomic E-state index is 0.107. The van der Waals surface area contributed by atoms with Crippen molar-refractivity contribution in [3.63, 3.8) is 0 Å². The summed E-state index contributed by atoms with van der Waals surface area (Å²) in [6, 6.07) is 2.79. The molecule has 0 atom stereocenters. The zero-order valence-corrected chi connectivity index (χ0v) is 13.7. The van der Waals surface area contributed by atoms with Crippen LogP contribution in [0.2, 0.25) is 0 Å². The minimum atomic E-state index is -0.731. The van der Waals surface area contributed by atoms with Gasteiger partial charge in [-0.15, -0.1) is 5.10 Å². The zero-order chi connectivity index (χ0) is 17.5. The fraction of sp³-hybridized carbons (Fsp3) is 0.357. The number of thioether (sulfide) groups is 1. The number of aromatic amines is 1. The molecule has 0 spiro atoms. The molecular formula is C14H16F2N4O3S. The number of rotatable bonds is 8. The number of nitrogens with one attached hydrogen (secondary N) is 2. The smallest absolute Gasteiger partial charge is 0.343 e. The number of carbonyl (C=O) groups excluding carboxylic acids is 1. The van der Waals surface area contributed by atoms with Gasteiger partial charge in [0, 0.05) is 26.3 Å². The van der Waals surface area contributed by atoms with E-state index in [-0.39, 0.29) is 17.1 Å². The highest BCUT2D eigenvalue weighted by Gasteiger charge is 2.13. The molecule has 0 aliphatic heterocycles. The summed E-state index contributed by atoms with van der Waals surface area (Å²) in [6.45, 7) is 0.882. The summed E-state index contributed by atoms with van der Waals surface area (Å²) in [6.07, 6.45) is 0.615. The first-order valence-electron chi connectivity index (χ1n) is 7.03. The van der Waals surface area contributed by atoms with E-state index in [1.54, 1.807) is 7.11 Å². The van der Waals surface area contributed by atoms with E-state index < -0.39 is 17.5 Å². The van der Waals surface area contributed by atoms with Crippen LogP contribution in [-0.2, 0) is 16.1 Å². The van der Waals surface area contributed by atoms with Gasteiger partial charge in [0.2, 0.25) is 5.91 Å². The average Bonchev–Trinajstić information content (AvgIpc) is 2.90. The Hall–Kier alpha value is -2.20. The van der Waals surface area contributed by atoms with Crippen LogP contribution in [0.1, 0.15) is 6.42 Å². The Morgan fingerprint density at radius 3 is 3.00 bits per heavy atom. The summed E-state index contributed by atoms with van der Waals surface area (Å²) in [5, 5.41) is 8.77. The number of benzene rings is 1. The number of hydrogen-bond donors (Lipinski definition) is 2. The molecule has 24 heavy (non-hydrogen) atoms. The molecule has 1 amide bonds. The average molecular weight is 358 g/mol. The van der Waals surface area contributed by atoms with Crippen molar-refractivity contribution in [3.8, 4) is 0 Å². The van der Waals surface area contributed by atoms with Crippen LogP contribution >= 0.6 is 11.8 Å². The largest absolute Gasteiger partial charge is 0.385 e. The van der Waals surface area contributed by atoms with Crippen molar-refractivity contribution >= 4 is 23.4 Å². The Balaban J connectivity index is 1.94. The number of nitrogens with zero attached hydrogens (tertiary/aromatic N) is 2. The monoisotopic (exact) mass is 358 g/mol. The van der Waals surface area contributed by atoms with Crippen molar-refractivity contribution < 1.29 is 18.3 Å². The van der Waals surface area contributed by atoms with Crippen LogP contribution in [0.3, 0.4) is 0 Å². The number of methoxy groups -OCH3 is 1. The Morgan fingerprint density at radius 1 is 1.46 bits per heavy atom. The van der Waals surface area contributed by atoms with Crippen LogP contribution in [0.5, 0.6) is 0 Å². The maximum absolute atomic E-state index is 13.5. The predicted octanol–water partition coefficient (Wildman–Crippen LogP) is 1.62. The lowest BCUT2D eigenvalue weighted by molar-refractivity contribution is -0.113. The van der Waals surface area contributed by atoms with Gasteiger partial charge in [-0.1, -0.05) is 11.8 Å². The second-order valence-corrected chi connectivity index (χ2v) is 5.71. The normalized spacial score (nSPS) is 10.8. The standard InChI is InChI=1S/C14H16F2N4O3S/c1-23-6-2-5-20-13(22)18-19-14(20)24-8-12(21)17-11-7-9(15)3-4-10(11)16/h3-4,7H,2,5-6,8H2,1H3,(H,17,21)(H,18,22). The van der Waals surface area contributed by atoms with Gasteiger partial charge < -0.3 is 10.1 Å². The highest BCUT2D eigenvalue weighted by molar-refractivity contribution is 7.99. The van der Waals surface area contributed by atoms with Gasteiger partial charge in [0.15, 0.2) is 5.16 Å². The maximum Gasteiger partial charge on any atom is 0.343 e. The van der Waals surface area contributed by atoms with Gasteiger partial charge in [0.05, 0.1) is 11.4 Å². The summed E-state index contributed by atoms with van der Waals surface area (Å²) >= 11 is 1.01. The van der Waals surface area contributed by atoms with Gasteiger partial charge in [-0.25, -0.2) is 18.7 Å². The van der Waals surface area contributed by atoms with E-state index in [1.807, 2.05) is 0 Å². The number of amides is 1. The molecule has 7 nitrogen and oxygen atoms in total. The van der Waals surface area contributed by atoms with E-state index in [9.17, 15) is 18.4 Å². The Kier molecular flexibility index (Phi) is 6.50. The lowest BCUT2D eigenvalue weighted by Gasteiger charge is -2.07. The van der Waals surface area contributed by atoms with Gasteiger partial charge >= 0.3 is 5.69 Å². The molecule has 2 N–H and O–H groups in total. The summed E-state index contributed by atoms with van der Waals surface area (Å²) in [7, 11) is 1.56. The molecule has 2 aromatic rings. The van der Waals surface area contributed by atoms with E-state index in [4.69, 9.17) is 4.74 Å². The lowest BCUT2D eigenvalue weighted by atomic mass is 10.3. The molecule has 2 rings (SSSR count). The summed E-state index contributed by atoms with van der Waals surface area (Å²) in [5.74, 6) is -2.03. The van der Waals surface area contributed by atoms with Gasteiger partial charge in [-0.2, -0.15) is 0 Å². The molecular weight excluding hydrogens is 342 g/mol. The van der Waals surface area contributed by atoms with Crippen molar-refractivity contribution in [1.29, 1.82) is 0 Å². The number of carbonyl (C=O) groups is 1. The third-order valence-electron chi connectivity index (χ3n) is 2.99. The zero-order valence-electron chi connectivity index (χ0n) is 12.8. The van der Waals surface area contributed by atoms with Crippen molar-refractivity contribution in [2.45, 2.75) is 18.1 Å². The van der Waals surface area contributed by atoms with E-state index >= 15 is 0 Å². The molecule has 0 radical (unpaired) electrons. The van der Waals surface area contributed by atoms with E-state index in [1.165, 1.54) is 4.57 Å². The molecule has 130 valence electrons. The number of aromatic nitrogens is 3. The van der Waals surface area contributed by atoms with Crippen molar-refractivity contribution in [2.24, 2.45) is 0 Å². The minimum Gasteiger partial charge on any atom is -0.385 e. The van der Waals surface area contributed by atoms with E-state index in [0.717, 1.165) is 30.0 Å². The topological polar surface area (TPSA) is 89.0 Å². The van der Waals surface area contributed by atoms with Crippen LogP contribution in [0.4, 0.5) is 14.5 Å². The van der Waals surface area contributed by atoms with E-state index in [2.05, 4.69) is 15.5 Å². The lowest BCUT2D eigenvalue weighted by Crippen LogP contribution is -2.19. The number of anilines is 1. The first-order chi connectivity index (χ1) is 11.5. The summed E-state index contributed by atoms with van der Waals surface area (Å²) < 4.78 is 32.8. The molecule has 1 aromatic heterocycles. The molecule has 0 saturated carbocycles. The fourth-order valence-electron chi connectivity index (χ4n) is 1.89. The van der Waals surface area contributed by atoms with Gasteiger partial charge in [0.1, 0.15) is 11.6 Å². The fourth-order valence-corrected chi connectivity index (χ4v) is 2.66. The summed E-state index contributed by atoms with van der Waals surface area (Å²) in [4.78, 5) is 23.5. The first kappa shape index (κ1) is 18.1. The molecule has 0 aliphatic rings. The molecule has 0 bridgehead atoms. The second-order valence-electron chi connectivity index (χ2n) is 4.77. The van der Waals surface area contributed by atoms with Gasteiger partial charge in [-0.05, 0) is 18.6 Å². The molecule has 1 heterocycles. The number of hydrogen-bond acceptors (Lipinski definition) is 5. The second kappa shape index (κ2) is 8.60. The van der Waals surface area contributed by atoms with Crippen LogP contribution in [0, 0.1) is 11.6 Å². The van der Waals surface area contributed by atoms with Crippen LogP contribution < -0.4 is 11.0 Å². The molecule has 10 heteroatoms. The molecule has 0 unspecified atom stereocenters. The molecule has 1 aromatic carbocycles. The molecule has 0 aliphatic carbocycles. The molecule has 0 fully saturated rings. The van der Waals surface area contributed by atoms with Crippen LogP contribution in [-0.4, -0.2) is 40.1 Å². The van der Waals surface area contributed by atoms with Crippen LogP contribution in [0.15, 0.2) is 28.2 Å². The molecule has 0 saturated heterocycles. The van der Waals surface area contributed by atoms with Crippen molar-refractivity contribution in [2.75, 3.05) is 24.8 Å². The number of ether oxygens (including phenoxy) is 1. The third-order valence-corrected chi connectivity index (χ3v) is 3.96. The van der Waals surface area contributed by atoms with Gasteiger partial charge in [0.25, 0.3) is 0 Å². The quantitative estimate of drug-likeness (QED) is 0.553. The maximum atomic E-state index is 13.5.